The van der Waals surface area contributed by atoms with Gasteiger partial charge in [0.2, 0.25) is 0 Å². The molecule has 1 N–H and O–H groups in total. The largest absolute Gasteiger partial charge is 0.416 e. The first kappa shape index (κ1) is 14.3. The van der Waals surface area contributed by atoms with E-state index in [0.29, 0.717) is 12.5 Å². The molecule has 19 heavy (non-hydrogen) atoms. The number of benzene rings is 1. The molecule has 0 bridgehead atoms. The molecule has 1 aliphatic rings. The Balaban J connectivity index is 2.04. The fourth-order valence-electron chi connectivity index (χ4n) is 2.61. The van der Waals surface area contributed by atoms with Crippen molar-refractivity contribution in [3.05, 3.63) is 35.4 Å². The molecule has 1 heterocycles. The van der Waals surface area contributed by atoms with E-state index in [4.69, 9.17) is 0 Å². The van der Waals surface area contributed by atoms with Gasteiger partial charge >= 0.3 is 6.18 Å². The number of aliphatic hydroxyl groups is 1. The molecule has 0 aromatic heterocycles. The molecule has 106 valence electrons. The standard InChI is InChI=1S/C14H18F3NO/c1-10-6-7-18(13(10)9-19)8-11-2-4-12(5-3-11)14(15,16)17/h2-5,10,13,19H,6-9H2,1H3. The Kier molecular flexibility index (Phi) is 4.16. The summed E-state index contributed by atoms with van der Waals surface area (Å²) in [6.45, 7) is 3.66. The Hall–Kier alpha value is -1.07. The lowest BCUT2D eigenvalue weighted by Crippen LogP contribution is -2.34. The van der Waals surface area contributed by atoms with E-state index in [1.165, 1.54) is 12.1 Å². The van der Waals surface area contributed by atoms with Crippen molar-refractivity contribution in [2.45, 2.75) is 32.1 Å². The number of alkyl halides is 3. The second kappa shape index (κ2) is 5.51. The molecule has 1 aliphatic heterocycles. The molecule has 2 atom stereocenters. The zero-order chi connectivity index (χ0) is 14.0. The Morgan fingerprint density at radius 3 is 2.42 bits per heavy atom. The Morgan fingerprint density at radius 1 is 1.26 bits per heavy atom. The van der Waals surface area contributed by atoms with Crippen molar-refractivity contribution in [2.24, 2.45) is 5.92 Å². The number of nitrogens with zero attached hydrogens (tertiary/aromatic N) is 1. The van der Waals surface area contributed by atoms with Crippen molar-refractivity contribution < 1.29 is 18.3 Å². The van der Waals surface area contributed by atoms with E-state index in [1.54, 1.807) is 0 Å². The lowest BCUT2D eigenvalue weighted by atomic mass is 10.0. The predicted molar refractivity (Wildman–Crippen MR) is 66.5 cm³/mol. The van der Waals surface area contributed by atoms with Crippen LogP contribution in [0.5, 0.6) is 0 Å². The zero-order valence-corrected chi connectivity index (χ0v) is 10.8. The zero-order valence-electron chi connectivity index (χ0n) is 10.8. The normalized spacial score (nSPS) is 24.9. The summed E-state index contributed by atoms with van der Waals surface area (Å²) in [6.07, 6.45) is -3.26. The average molecular weight is 273 g/mol. The van der Waals surface area contributed by atoms with Gasteiger partial charge in [-0.25, -0.2) is 0 Å². The lowest BCUT2D eigenvalue weighted by Gasteiger charge is -2.25. The smallest absolute Gasteiger partial charge is 0.395 e. The first-order chi connectivity index (χ1) is 8.91. The predicted octanol–water partition coefficient (Wildman–Crippen LogP) is 2.91. The molecule has 0 spiro atoms. The Morgan fingerprint density at radius 2 is 1.89 bits per heavy atom. The van der Waals surface area contributed by atoms with Crippen LogP contribution in [0.1, 0.15) is 24.5 Å². The van der Waals surface area contributed by atoms with Crippen LogP contribution >= 0.6 is 0 Å². The summed E-state index contributed by atoms with van der Waals surface area (Å²) in [7, 11) is 0. The summed E-state index contributed by atoms with van der Waals surface area (Å²) >= 11 is 0. The Labute approximate surface area is 110 Å². The number of rotatable bonds is 3. The number of halogens is 3. The van der Waals surface area contributed by atoms with E-state index in [2.05, 4.69) is 11.8 Å². The number of hydrogen-bond donors (Lipinski definition) is 1. The molecule has 0 amide bonds. The van der Waals surface area contributed by atoms with Gasteiger partial charge < -0.3 is 5.11 Å². The fourth-order valence-corrected chi connectivity index (χ4v) is 2.61. The highest BCUT2D eigenvalue weighted by atomic mass is 19.4. The third-order valence-corrected chi connectivity index (χ3v) is 3.85. The maximum Gasteiger partial charge on any atom is 0.416 e. The van der Waals surface area contributed by atoms with E-state index < -0.39 is 11.7 Å². The monoisotopic (exact) mass is 273 g/mol. The molecule has 5 heteroatoms. The molecule has 2 rings (SSSR count). The van der Waals surface area contributed by atoms with Crippen LogP contribution < -0.4 is 0 Å². The highest BCUT2D eigenvalue weighted by Crippen LogP contribution is 2.30. The summed E-state index contributed by atoms with van der Waals surface area (Å²) in [5, 5.41) is 9.35. The molecule has 2 unspecified atom stereocenters. The molecule has 0 saturated carbocycles. The van der Waals surface area contributed by atoms with Gasteiger partial charge in [0, 0.05) is 12.6 Å². The van der Waals surface area contributed by atoms with Gasteiger partial charge in [0.1, 0.15) is 0 Å². The quantitative estimate of drug-likeness (QED) is 0.915. The van der Waals surface area contributed by atoms with Gasteiger partial charge in [-0.1, -0.05) is 19.1 Å². The van der Waals surface area contributed by atoms with Gasteiger partial charge in [-0.05, 0) is 36.6 Å². The third kappa shape index (κ3) is 3.28. The van der Waals surface area contributed by atoms with E-state index in [-0.39, 0.29) is 12.6 Å². The number of hydrogen-bond acceptors (Lipinski definition) is 2. The maximum atomic E-state index is 12.4. The topological polar surface area (TPSA) is 23.5 Å². The van der Waals surface area contributed by atoms with Crippen LogP contribution in [0.4, 0.5) is 13.2 Å². The molecular formula is C14H18F3NO. The first-order valence-corrected chi connectivity index (χ1v) is 6.43. The van der Waals surface area contributed by atoms with Crippen molar-refractivity contribution in [1.82, 2.24) is 4.90 Å². The fraction of sp³-hybridized carbons (Fsp3) is 0.571. The molecule has 1 aromatic rings. The molecule has 0 aliphatic carbocycles. The summed E-state index contributed by atoms with van der Waals surface area (Å²) in [5.74, 6) is 0.430. The first-order valence-electron chi connectivity index (χ1n) is 6.43. The minimum absolute atomic E-state index is 0.0990. The van der Waals surface area contributed by atoms with E-state index >= 15 is 0 Å². The van der Waals surface area contributed by atoms with Crippen molar-refractivity contribution in [3.8, 4) is 0 Å². The van der Waals surface area contributed by atoms with E-state index in [0.717, 1.165) is 30.7 Å². The molecule has 1 saturated heterocycles. The summed E-state index contributed by atoms with van der Waals surface area (Å²) in [5.41, 5.74) is 0.227. The van der Waals surface area contributed by atoms with Crippen LogP contribution in [0.15, 0.2) is 24.3 Å². The maximum absolute atomic E-state index is 12.4. The van der Waals surface area contributed by atoms with Gasteiger partial charge in [0.25, 0.3) is 0 Å². The van der Waals surface area contributed by atoms with Crippen LogP contribution in [0.25, 0.3) is 0 Å². The number of aliphatic hydroxyl groups excluding tert-OH is 1. The van der Waals surface area contributed by atoms with Crippen LogP contribution in [-0.4, -0.2) is 29.2 Å². The van der Waals surface area contributed by atoms with Gasteiger partial charge in [-0.3, -0.25) is 4.90 Å². The molecule has 2 nitrogen and oxygen atoms in total. The van der Waals surface area contributed by atoms with Crippen molar-refractivity contribution in [1.29, 1.82) is 0 Å². The van der Waals surface area contributed by atoms with Gasteiger partial charge in [-0.15, -0.1) is 0 Å². The second-order valence-electron chi connectivity index (χ2n) is 5.18. The molecule has 1 fully saturated rings. The highest BCUT2D eigenvalue weighted by Gasteiger charge is 2.31. The van der Waals surface area contributed by atoms with Crippen LogP contribution in [-0.2, 0) is 12.7 Å². The van der Waals surface area contributed by atoms with Gasteiger partial charge in [-0.2, -0.15) is 13.2 Å². The molecule has 1 aromatic carbocycles. The van der Waals surface area contributed by atoms with Crippen molar-refractivity contribution in [3.63, 3.8) is 0 Å². The van der Waals surface area contributed by atoms with Crippen LogP contribution in [0, 0.1) is 5.92 Å². The summed E-state index contributed by atoms with van der Waals surface area (Å²) < 4.78 is 37.3. The summed E-state index contributed by atoms with van der Waals surface area (Å²) in [6, 6.07) is 5.37. The molecular weight excluding hydrogens is 255 g/mol. The van der Waals surface area contributed by atoms with E-state index in [9.17, 15) is 18.3 Å². The van der Waals surface area contributed by atoms with Gasteiger partial charge in [0.15, 0.2) is 0 Å². The minimum Gasteiger partial charge on any atom is -0.395 e. The SMILES string of the molecule is CC1CCN(Cc2ccc(C(F)(F)F)cc2)C1CO. The summed E-state index contributed by atoms with van der Waals surface area (Å²) in [4.78, 5) is 2.13. The van der Waals surface area contributed by atoms with Crippen LogP contribution in [0.2, 0.25) is 0 Å². The minimum atomic E-state index is -4.28. The van der Waals surface area contributed by atoms with Crippen LogP contribution in [0.3, 0.4) is 0 Å². The second-order valence-corrected chi connectivity index (χ2v) is 5.18. The van der Waals surface area contributed by atoms with Crippen molar-refractivity contribution in [2.75, 3.05) is 13.2 Å². The highest BCUT2D eigenvalue weighted by molar-refractivity contribution is 5.24. The molecule has 0 radical (unpaired) electrons. The van der Waals surface area contributed by atoms with Crippen molar-refractivity contribution >= 4 is 0 Å². The van der Waals surface area contributed by atoms with Gasteiger partial charge in [0.05, 0.1) is 12.2 Å². The van der Waals surface area contributed by atoms with E-state index in [1.807, 2.05) is 0 Å². The average Bonchev–Trinajstić information content (AvgIpc) is 2.69. The lowest BCUT2D eigenvalue weighted by molar-refractivity contribution is -0.137. The third-order valence-electron chi connectivity index (χ3n) is 3.85. The Bertz CT molecular complexity index is 416. The number of likely N-dealkylation sites (tertiary alicyclic amines) is 1.